The van der Waals surface area contributed by atoms with Crippen LogP contribution in [0.4, 0.5) is 0 Å². The highest BCUT2D eigenvalue weighted by Crippen LogP contribution is 2.21. The number of hydrogen-bond donors (Lipinski definition) is 0. The van der Waals surface area contributed by atoms with Crippen LogP contribution in [-0.2, 0) is 6.54 Å². The molecule has 1 saturated heterocycles. The number of rotatable bonds is 3. The zero-order chi connectivity index (χ0) is 16.2. The summed E-state index contributed by atoms with van der Waals surface area (Å²) in [7, 11) is 0. The van der Waals surface area contributed by atoms with Crippen molar-refractivity contribution in [2.45, 2.75) is 6.54 Å². The first kappa shape index (κ1) is 16.9. The SMILES string of the molecule is O=C(c1cc(Br)ccc1I)N1CCN(Cc2ccncc2)CC1. The van der Waals surface area contributed by atoms with E-state index in [0.717, 1.165) is 46.3 Å². The molecule has 0 aliphatic carbocycles. The van der Waals surface area contributed by atoms with Crippen molar-refractivity contribution in [1.82, 2.24) is 14.8 Å². The summed E-state index contributed by atoms with van der Waals surface area (Å²) >= 11 is 5.67. The second-order valence-corrected chi connectivity index (χ2v) is 7.63. The van der Waals surface area contributed by atoms with E-state index in [1.54, 1.807) is 0 Å². The topological polar surface area (TPSA) is 36.4 Å². The molecule has 2 aromatic rings. The van der Waals surface area contributed by atoms with Crippen molar-refractivity contribution in [1.29, 1.82) is 0 Å². The maximum Gasteiger partial charge on any atom is 0.255 e. The fraction of sp³-hybridized carbons (Fsp3) is 0.294. The first-order valence-corrected chi connectivity index (χ1v) is 9.36. The van der Waals surface area contributed by atoms with Crippen LogP contribution < -0.4 is 0 Å². The predicted molar refractivity (Wildman–Crippen MR) is 102 cm³/mol. The molecule has 1 aromatic carbocycles. The molecule has 0 spiro atoms. The van der Waals surface area contributed by atoms with Crippen LogP contribution in [0.1, 0.15) is 15.9 Å². The van der Waals surface area contributed by atoms with Gasteiger partial charge in [0.15, 0.2) is 0 Å². The van der Waals surface area contributed by atoms with Crippen molar-refractivity contribution in [2.75, 3.05) is 26.2 Å². The number of aromatic nitrogens is 1. The Morgan fingerprint density at radius 2 is 1.83 bits per heavy atom. The van der Waals surface area contributed by atoms with Crippen molar-refractivity contribution >= 4 is 44.4 Å². The van der Waals surface area contributed by atoms with E-state index >= 15 is 0 Å². The molecule has 0 unspecified atom stereocenters. The van der Waals surface area contributed by atoms with Gasteiger partial charge in [0.1, 0.15) is 0 Å². The van der Waals surface area contributed by atoms with Gasteiger partial charge in [0.2, 0.25) is 0 Å². The number of pyridine rings is 1. The summed E-state index contributed by atoms with van der Waals surface area (Å²) in [5, 5.41) is 0. The summed E-state index contributed by atoms with van der Waals surface area (Å²) in [5.41, 5.74) is 2.05. The lowest BCUT2D eigenvalue weighted by molar-refractivity contribution is 0.0627. The first-order valence-electron chi connectivity index (χ1n) is 7.49. The minimum atomic E-state index is 0.124. The molecule has 1 aliphatic heterocycles. The number of hydrogen-bond acceptors (Lipinski definition) is 3. The number of halogens is 2. The Morgan fingerprint density at radius 1 is 1.13 bits per heavy atom. The number of benzene rings is 1. The van der Waals surface area contributed by atoms with Crippen LogP contribution in [0.3, 0.4) is 0 Å². The summed E-state index contributed by atoms with van der Waals surface area (Å²) in [6.07, 6.45) is 3.65. The smallest absolute Gasteiger partial charge is 0.255 e. The van der Waals surface area contributed by atoms with E-state index in [1.807, 2.05) is 47.6 Å². The highest BCUT2D eigenvalue weighted by Gasteiger charge is 2.23. The largest absolute Gasteiger partial charge is 0.336 e. The zero-order valence-corrected chi connectivity index (χ0v) is 16.3. The first-order chi connectivity index (χ1) is 11.1. The third-order valence-electron chi connectivity index (χ3n) is 3.97. The standard InChI is InChI=1S/C17H17BrIN3O/c18-14-1-2-16(19)15(11-14)17(23)22-9-7-21(8-10-22)12-13-3-5-20-6-4-13/h1-6,11H,7-10,12H2. The lowest BCUT2D eigenvalue weighted by Gasteiger charge is -2.35. The third kappa shape index (κ3) is 4.30. The second kappa shape index (κ2) is 7.72. The third-order valence-corrected chi connectivity index (χ3v) is 5.41. The number of piperazine rings is 1. The Kier molecular flexibility index (Phi) is 5.66. The van der Waals surface area contributed by atoms with E-state index in [-0.39, 0.29) is 5.91 Å². The van der Waals surface area contributed by atoms with Crippen molar-refractivity contribution in [3.63, 3.8) is 0 Å². The van der Waals surface area contributed by atoms with Gasteiger partial charge in [0.05, 0.1) is 5.56 Å². The lowest BCUT2D eigenvalue weighted by atomic mass is 10.1. The fourth-order valence-corrected chi connectivity index (χ4v) is 3.61. The van der Waals surface area contributed by atoms with Crippen LogP contribution in [0.2, 0.25) is 0 Å². The summed E-state index contributed by atoms with van der Waals surface area (Å²) in [4.78, 5) is 21.1. The average Bonchev–Trinajstić information content (AvgIpc) is 2.58. The van der Waals surface area contributed by atoms with E-state index < -0.39 is 0 Å². The molecule has 120 valence electrons. The van der Waals surface area contributed by atoms with Gasteiger partial charge < -0.3 is 4.90 Å². The van der Waals surface area contributed by atoms with Crippen LogP contribution in [0.25, 0.3) is 0 Å². The van der Waals surface area contributed by atoms with Gasteiger partial charge in [0.25, 0.3) is 5.91 Å². The van der Waals surface area contributed by atoms with E-state index in [4.69, 9.17) is 0 Å². The van der Waals surface area contributed by atoms with E-state index in [9.17, 15) is 4.79 Å². The van der Waals surface area contributed by atoms with Crippen LogP contribution >= 0.6 is 38.5 Å². The van der Waals surface area contributed by atoms with Gasteiger partial charge in [-0.25, -0.2) is 0 Å². The summed E-state index contributed by atoms with van der Waals surface area (Å²) < 4.78 is 1.94. The number of nitrogens with zero attached hydrogens (tertiary/aromatic N) is 3. The Balaban J connectivity index is 1.60. The molecule has 3 rings (SSSR count). The van der Waals surface area contributed by atoms with Crippen LogP contribution in [0.15, 0.2) is 47.2 Å². The molecule has 1 aromatic heterocycles. The molecule has 0 N–H and O–H groups in total. The summed E-state index contributed by atoms with van der Waals surface area (Å²) in [6.45, 7) is 4.26. The average molecular weight is 486 g/mol. The van der Waals surface area contributed by atoms with Gasteiger partial charge in [-0.15, -0.1) is 0 Å². The van der Waals surface area contributed by atoms with Crippen molar-refractivity contribution < 1.29 is 4.79 Å². The summed E-state index contributed by atoms with van der Waals surface area (Å²) in [5.74, 6) is 0.124. The molecular weight excluding hydrogens is 469 g/mol. The highest BCUT2D eigenvalue weighted by atomic mass is 127. The van der Waals surface area contributed by atoms with E-state index in [0.29, 0.717) is 0 Å². The van der Waals surface area contributed by atoms with Gasteiger partial charge in [-0.1, -0.05) is 15.9 Å². The Labute approximate surface area is 158 Å². The van der Waals surface area contributed by atoms with E-state index in [1.165, 1.54) is 5.56 Å². The predicted octanol–water partition coefficient (Wildman–Crippen LogP) is 3.41. The normalized spacial score (nSPS) is 15.7. The Bertz CT molecular complexity index is 687. The van der Waals surface area contributed by atoms with Gasteiger partial charge in [-0.2, -0.15) is 0 Å². The minimum Gasteiger partial charge on any atom is -0.336 e. The molecule has 23 heavy (non-hydrogen) atoms. The molecule has 6 heteroatoms. The zero-order valence-electron chi connectivity index (χ0n) is 12.6. The number of amides is 1. The lowest BCUT2D eigenvalue weighted by Crippen LogP contribution is -2.48. The number of carbonyl (C=O) groups excluding carboxylic acids is 1. The minimum absolute atomic E-state index is 0.124. The molecule has 1 fully saturated rings. The number of carbonyl (C=O) groups is 1. The van der Waals surface area contributed by atoms with Crippen LogP contribution in [0, 0.1) is 3.57 Å². The van der Waals surface area contributed by atoms with Crippen molar-refractivity contribution in [3.05, 3.63) is 61.9 Å². The molecule has 0 bridgehead atoms. The molecular formula is C17H17BrIN3O. The van der Waals surface area contributed by atoms with Crippen LogP contribution in [0.5, 0.6) is 0 Å². The quantitative estimate of drug-likeness (QED) is 0.625. The van der Waals surface area contributed by atoms with Crippen molar-refractivity contribution in [3.8, 4) is 0 Å². The molecule has 4 nitrogen and oxygen atoms in total. The molecule has 0 radical (unpaired) electrons. The van der Waals surface area contributed by atoms with Crippen molar-refractivity contribution in [2.24, 2.45) is 0 Å². The van der Waals surface area contributed by atoms with Gasteiger partial charge in [-0.05, 0) is 58.5 Å². The van der Waals surface area contributed by atoms with Gasteiger partial charge in [-0.3, -0.25) is 14.7 Å². The van der Waals surface area contributed by atoms with Crippen LogP contribution in [-0.4, -0.2) is 46.9 Å². The Morgan fingerprint density at radius 3 is 2.52 bits per heavy atom. The molecule has 1 aliphatic rings. The summed E-state index contributed by atoms with van der Waals surface area (Å²) in [6, 6.07) is 9.93. The van der Waals surface area contributed by atoms with E-state index in [2.05, 4.69) is 48.4 Å². The Hall–Kier alpha value is -0.990. The molecule has 2 heterocycles. The highest BCUT2D eigenvalue weighted by molar-refractivity contribution is 14.1. The monoisotopic (exact) mass is 485 g/mol. The molecule has 0 atom stereocenters. The maximum absolute atomic E-state index is 12.7. The second-order valence-electron chi connectivity index (χ2n) is 5.55. The van der Waals surface area contributed by atoms with Gasteiger partial charge in [0, 0.05) is 53.2 Å². The molecule has 0 saturated carbocycles. The molecule has 1 amide bonds. The maximum atomic E-state index is 12.7. The fourth-order valence-electron chi connectivity index (χ4n) is 2.69. The van der Waals surface area contributed by atoms with Gasteiger partial charge >= 0.3 is 0 Å².